The summed E-state index contributed by atoms with van der Waals surface area (Å²) in [6, 6.07) is 12.8. The molecule has 2 aromatic carbocycles. The summed E-state index contributed by atoms with van der Waals surface area (Å²) < 4.78 is 1.12. The molecule has 2 N–H and O–H groups in total. The Morgan fingerprint density at radius 1 is 1.26 bits per heavy atom. The van der Waals surface area contributed by atoms with Crippen LogP contribution in [0.2, 0.25) is 0 Å². The number of fused-ring (bicyclic) bond motifs is 1. The van der Waals surface area contributed by atoms with Crippen LogP contribution in [-0.2, 0) is 6.42 Å². The summed E-state index contributed by atoms with van der Waals surface area (Å²) in [5.74, 6) is -0.322. The second-order valence-electron chi connectivity index (χ2n) is 6.49. The van der Waals surface area contributed by atoms with Gasteiger partial charge in [-0.25, -0.2) is 4.98 Å². The second kappa shape index (κ2) is 7.32. The maximum absolute atomic E-state index is 12.4. The van der Waals surface area contributed by atoms with Crippen LogP contribution in [0.1, 0.15) is 28.2 Å². The van der Waals surface area contributed by atoms with Crippen molar-refractivity contribution in [3.63, 3.8) is 0 Å². The Kier molecular flexibility index (Phi) is 4.72. The van der Waals surface area contributed by atoms with E-state index in [9.17, 15) is 14.9 Å². The zero-order valence-electron chi connectivity index (χ0n) is 14.5. The number of benzene rings is 2. The normalized spacial score (nSPS) is 13.5. The van der Waals surface area contributed by atoms with Gasteiger partial charge in [-0.1, -0.05) is 12.1 Å². The molecule has 1 saturated carbocycles. The minimum absolute atomic E-state index is 0.0688. The van der Waals surface area contributed by atoms with Crippen molar-refractivity contribution < 1.29 is 9.72 Å². The fourth-order valence-electron chi connectivity index (χ4n) is 2.81. The van der Waals surface area contributed by atoms with Gasteiger partial charge in [0.15, 0.2) is 0 Å². The number of anilines is 1. The third-order valence-corrected chi connectivity index (χ3v) is 5.45. The van der Waals surface area contributed by atoms with Gasteiger partial charge in [0.1, 0.15) is 5.69 Å². The van der Waals surface area contributed by atoms with E-state index in [0.29, 0.717) is 24.7 Å². The molecule has 0 radical (unpaired) electrons. The highest BCUT2D eigenvalue weighted by Gasteiger charge is 2.25. The third-order valence-electron chi connectivity index (χ3n) is 4.36. The van der Waals surface area contributed by atoms with Gasteiger partial charge in [-0.15, -0.1) is 11.3 Å². The number of para-hydroxylation sites is 1. The van der Waals surface area contributed by atoms with Gasteiger partial charge >= 0.3 is 0 Å². The Balaban J connectivity index is 1.39. The van der Waals surface area contributed by atoms with E-state index >= 15 is 0 Å². The van der Waals surface area contributed by atoms with E-state index in [1.54, 1.807) is 23.5 Å². The van der Waals surface area contributed by atoms with Crippen LogP contribution in [0.15, 0.2) is 42.5 Å². The highest BCUT2D eigenvalue weighted by molar-refractivity contribution is 7.18. The first-order valence-electron chi connectivity index (χ1n) is 8.78. The summed E-state index contributed by atoms with van der Waals surface area (Å²) in [6.45, 7) is 0.425. The maximum atomic E-state index is 12.4. The topological polar surface area (TPSA) is 97.2 Å². The molecule has 1 aromatic heterocycles. The fourth-order valence-corrected chi connectivity index (χ4v) is 3.77. The molecule has 4 rings (SSSR count). The molecule has 8 heteroatoms. The number of aromatic nitrogens is 1. The minimum Gasteiger partial charge on any atom is -0.377 e. The van der Waals surface area contributed by atoms with Crippen molar-refractivity contribution in [2.75, 3.05) is 11.9 Å². The van der Waals surface area contributed by atoms with Crippen LogP contribution in [0.5, 0.6) is 0 Å². The van der Waals surface area contributed by atoms with Gasteiger partial charge in [-0.05, 0) is 37.1 Å². The molecule has 1 aliphatic carbocycles. The Bertz CT molecular complexity index is 980. The van der Waals surface area contributed by atoms with Crippen LogP contribution in [0.4, 0.5) is 11.4 Å². The molecule has 0 bridgehead atoms. The molecule has 27 heavy (non-hydrogen) atoms. The molecule has 3 aromatic rings. The van der Waals surface area contributed by atoms with Gasteiger partial charge in [0.2, 0.25) is 0 Å². The quantitative estimate of drug-likeness (QED) is 0.479. The standard InChI is InChI=1S/C19H18N4O3S/c24-19(20-10-9-18-22-15-3-1-2-4-17(15)27-18)12-5-8-14(21-13-6-7-13)16(11-12)23(25)26/h1-5,8,11,13,21H,6-7,9-10H2,(H,20,24). The van der Waals surface area contributed by atoms with E-state index in [-0.39, 0.29) is 17.2 Å². The molecule has 1 heterocycles. The minimum atomic E-state index is -0.456. The maximum Gasteiger partial charge on any atom is 0.293 e. The van der Waals surface area contributed by atoms with Crippen molar-refractivity contribution in [1.29, 1.82) is 0 Å². The van der Waals surface area contributed by atoms with Crippen LogP contribution in [-0.4, -0.2) is 28.4 Å². The SMILES string of the molecule is O=C(NCCc1nc2ccccc2s1)c1ccc(NC2CC2)c([N+](=O)[O-])c1. The monoisotopic (exact) mass is 382 g/mol. The van der Waals surface area contributed by atoms with E-state index in [1.807, 2.05) is 24.3 Å². The van der Waals surface area contributed by atoms with Crippen molar-refractivity contribution in [2.24, 2.45) is 0 Å². The van der Waals surface area contributed by atoms with Gasteiger partial charge in [0.25, 0.3) is 11.6 Å². The predicted octanol–water partition coefficient (Wildman–Crippen LogP) is 3.75. The van der Waals surface area contributed by atoms with Gasteiger partial charge in [0, 0.05) is 30.6 Å². The van der Waals surface area contributed by atoms with E-state index < -0.39 is 4.92 Å². The van der Waals surface area contributed by atoms with Crippen LogP contribution in [0.3, 0.4) is 0 Å². The lowest BCUT2D eigenvalue weighted by atomic mass is 10.1. The summed E-state index contributed by atoms with van der Waals surface area (Å²) in [5, 5.41) is 18.2. The largest absolute Gasteiger partial charge is 0.377 e. The van der Waals surface area contributed by atoms with Crippen molar-refractivity contribution >= 4 is 38.8 Å². The average molecular weight is 382 g/mol. The lowest BCUT2D eigenvalue weighted by molar-refractivity contribution is -0.384. The van der Waals surface area contributed by atoms with Crippen LogP contribution in [0.25, 0.3) is 10.2 Å². The van der Waals surface area contributed by atoms with Crippen molar-refractivity contribution in [3.8, 4) is 0 Å². The van der Waals surface area contributed by atoms with E-state index in [0.717, 1.165) is 28.1 Å². The van der Waals surface area contributed by atoms with Crippen molar-refractivity contribution in [2.45, 2.75) is 25.3 Å². The second-order valence-corrected chi connectivity index (χ2v) is 7.60. The highest BCUT2D eigenvalue weighted by Crippen LogP contribution is 2.31. The number of nitro benzene ring substituents is 1. The molecule has 0 aliphatic heterocycles. The first-order valence-corrected chi connectivity index (χ1v) is 9.59. The first-order chi connectivity index (χ1) is 13.1. The summed E-state index contributed by atoms with van der Waals surface area (Å²) >= 11 is 1.60. The lowest BCUT2D eigenvalue weighted by Crippen LogP contribution is -2.25. The molecule has 0 saturated heterocycles. The summed E-state index contributed by atoms with van der Waals surface area (Å²) in [7, 11) is 0. The molecule has 1 fully saturated rings. The van der Waals surface area contributed by atoms with Gasteiger partial charge < -0.3 is 10.6 Å². The number of nitrogens with one attached hydrogen (secondary N) is 2. The number of nitrogens with zero attached hydrogens (tertiary/aromatic N) is 2. The molecule has 1 aliphatic rings. The summed E-state index contributed by atoms with van der Waals surface area (Å²) in [4.78, 5) is 27.7. The Hall–Kier alpha value is -3.00. The number of hydrogen-bond donors (Lipinski definition) is 2. The summed E-state index contributed by atoms with van der Waals surface area (Å²) in [6.07, 6.45) is 2.66. The molecule has 138 valence electrons. The van der Waals surface area contributed by atoms with Crippen molar-refractivity contribution in [1.82, 2.24) is 10.3 Å². The number of carbonyl (C=O) groups is 1. The van der Waals surface area contributed by atoms with Gasteiger partial charge in [-0.2, -0.15) is 0 Å². The van der Waals surface area contributed by atoms with Gasteiger partial charge in [0.05, 0.1) is 20.1 Å². The highest BCUT2D eigenvalue weighted by atomic mass is 32.1. The molecular formula is C19H18N4O3S. The van der Waals surface area contributed by atoms with Crippen LogP contribution < -0.4 is 10.6 Å². The number of nitro groups is 1. The lowest BCUT2D eigenvalue weighted by Gasteiger charge is -2.08. The van der Waals surface area contributed by atoms with E-state index in [1.165, 1.54) is 6.07 Å². The zero-order valence-corrected chi connectivity index (χ0v) is 15.3. The molecule has 0 atom stereocenters. The van der Waals surface area contributed by atoms with Crippen molar-refractivity contribution in [3.05, 3.63) is 63.1 Å². The predicted molar refractivity (Wildman–Crippen MR) is 105 cm³/mol. The number of amides is 1. The average Bonchev–Trinajstić information content (AvgIpc) is 3.38. The van der Waals surface area contributed by atoms with Crippen LogP contribution >= 0.6 is 11.3 Å². The molecule has 0 unspecified atom stereocenters. The molecular weight excluding hydrogens is 364 g/mol. The Morgan fingerprint density at radius 3 is 2.81 bits per heavy atom. The molecule has 1 amide bonds. The number of carbonyl (C=O) groups excluding carboxylic acids is 1. The Labute approximate surface area is 159 Å². The van der Waals surface area contributed by atoms with Crippen LogP contribution in [0, 0.1) is 10.1 Å². The molecule has 7 nitrogen and oxygen atoms in total. The fraction of sp³-hybridized carbons (Fsp3) is 0.263. The Morgan fingerprint density at radius 2 is 2.07 bits per heavy atom. The first kappa shape index (κ1) is 17.4. The summed E-state index contributed by atoms with van der Waals surface area (Å²) in [5.41, 5.74) is 1.64. The van der Waals surface area contributed by atoms with E-state index in [4.69, 9.17) is 0 Å². The zero-order chi connectivity index (χ0) is 18.8. The van der Waals surface area contributed by atoms with E-state index in [2.05, 4.69) is 15.6 Å². The third kappa shape index (κ3) is 4.06. The number of rotatable bonds is 7. The smallest absolute Gasteiger partial charge is 0.293 e. The number of thiazole rings is 1. The van der Waals surface area contributed by atoms with Gasteiger partial charge in [-0.3, -0.25) is 14.9 Å². The molecule has 0 spiro atoms. The number of hydrogen-bond acceptors (Lipinski definition) is 6.